The molecule has 1 aromatic carbocycles. The highest BCUT2D eigenvalue weighted by atomic mass is 79.9. The maximum absolute atomic E-state index is 12.1. The molecular weight excluding hydrogens is 366 g/mol. The highest BCUT2D eigenvalue weighted by molar-refractivity contribution is 9.10. The molecule has 0 heterocycles. The molecule has 0 fully saturated rings. The standard InChI is InChI=1S/C16H22BrNO5/c1-4-12(16(20)21)18-15(19)8-10-7-13(22-5-2)14(23-6-3)9-11(10)17/h7,9,12H,4-6,8H2,1-3H3,(H,18,19)(H,20,21). The van der Waals surface area contributed by atoms with Crippen LogP contribution in [0.1, 0.15) is 32.8 Å². The Hall–Kier alpha value is -1.76. The Kier molecular flexibility index (Phi) is 7.88. The Morgan fingerprint density at radius 1 is 1.17 bits per heavy atom. The summed E-state index contributed by atoms with van der Waals surface area (Å²) in [6, 6.07) is 2.61. The predicted molar refractivity (Wildman–Crippen MR) is 90.0 cm³/mol. The lowest BCUT2D eigenvalue weighted by molar-refractivity contribution is -0.141. The molecule has 1 amide bonds. The fraction of sp³-hybridized carbons (Fsp3) is 0.500. The molecule has 7 heteroatoms. The van der Waals surface area contributed by atoms with Gasteiger partial charge >= 0.3 is 5.97 Å². The third-order valence-corrected chi connectivity index (χ3v) is 3.84. The molecule has 1 atom stereocenters. The first-order valence-electron chi connectivity index (χ1n) is 7.53. The summed E-state index contributed by atoms with van der Waals surface area (Å²) in [5.41, 5.74) is 0.703. The molecule has 1 rings (SSSR count). The Balaban J connectivity index is 2.92. The third kappa shape index (κ3) is 5.74. The van der Waals surface area contributed by atoms with E-state index in [9.17, 15) is 9.59 Å². The van der Waals surface area contributed by atoms with Crippen molar-refractivity contribution < 1.29 is 24.2 Å². The summed E-state index contributed by atoms with van der Waals surface area (Å²) < 4.78 is 11.8. The van der Waals surface area contributed by atoms with Gasteiger partial charge in [0.25, 0.3) is 0 Å². The molecule has 128 valence electrons. The molecule has 0 spiro atoms. The van der Waals surface area contributed by atoms with E-state index in [0.717, 1.165) is 0 Å². The molecule has 0 bridgehead atoms. The number of carbonyl (C=O) groups excluding carboxylic acids is 1. The number of benzene rings is 1. The van der Waals surface area contributed by atoms with E-state index >= 15 is 0 Å². The smallest absolute Gasteiger partial charge is 0.326 e. The number of nitrogens with one attached hydrogen (secondary N) is 1. The number of hydrogen-bond acceptors (Lipinski definition) is 4. The second-order valence-corrected chi connectivity index (χ2v) is 5.65. The largest absolute Gasteiger partial charge is 0.490 e. The maximum Gasteiger partial charge on any atom is 0.326 e. The molecule has 1 unspecified atom stereocenters. The van der Waals surface area contributed by atoms with Gasteiger partial charge in [0.05, 0.1) is 19.6 Å². The molecule has 0 aliphatic rings. The van der Waals surface area contributed by atoms with Gasteiger partial charge in [0, 0.05) is 4.47 Å². The van der Waals surface area contributed by atoms with Gasteiger partial charge in [0.15, 0.2) is 11.5 Å². The molecule has 0 saturated heterocycles. The number of amides is 1. The monoisotopic (exact) mass is 387 g/mol. The normalized spacial score (nSPS) is 11.7. The number of carbonyl (C=O) groups is 2. The highest BCUT2D eigenvalue weighted by Crippen LogP contribution is 2.34. The second-order valence-electron chi connectivity index (χ2n) is 4.80. The summed E-state index contributed by atoms with van der Waals surface area (Å²) in [7, 11) is 0. The third-order valence-electron chi connectivity index (χ3n) is 3.11. The maximum atomic E-state index is 12.1. The summed E-state index contributed by atoms with van der Waals surface area (Å²) in [4.78, 5) is 23.0. The first kappa shape index (κ1) is 19.3. The fourth-order valence-electron chi connectivity index (χ4n) is 2.01. The van der Waals surface area contributed by atoms with Crippen molar-refractivity contribution in [3.8, 4) is 11.5 Å². The lowest BCUT2D eigenvalue weighted by Gasteiger charge is -2.15. The Bertz CT molecular complexity index is 562. The second kappa shape index (κ2) is 9.39. The van der Waals surface area contributed by atoms with Crippen molar-refractivity contribution in [1.29, 1.82) is 0 Å². The van der Waals surface area contributed by atoms with E-state index < -0.39 is 12.0 Å². The topological polar surface area (TPSA) is 84.9 Å². The molecule has 23 heavy (non-hydrogen) atoms. The van der Waals surface area contributed by atoms with Gasteiger partial charge in [-0.25, -0.2) is 4.79 Å². The number of ether oxygens (including phenoxy) is 2. The van der Waals surface area contributed by atoms with E-state index in [-0.39, 0.29) is 12.3 Å². The fourth-order valence-corrected chi connectivity index (χ4v) is 2.47. The minimum Gasteiger partial charge on any atom is -0.490 e. The van der Waals surface area contributed by atoms with Gasteiger partial charge in [-0.05, 0) is 38.0 Å². The van der Waals surface area contributed by atoms with Crippen molar-refractivity contribution >= 4 is 27.8 Å². The quantitative estimate of drug-likeness (QED) is 0.680. The number of carboxylic acids is 1. The van der Waals surface area contributed by atoms with Crippen molar-refractivity contribution in [1.82, 2.24) is 5.32 Å². The van der Waals surface area contributed by atoms with Crippen LogP contribution in [0, 0.1) is 0 Å². The first-order valence-corrected chi connectivity index (χ1v) is 8.32. The molecule has 1 aromatic rings. The summed E-state index contributed by atoms with van der Waals surface area (Å²) in [5, 5.41) is 11.5. The van der Waals surface area contributed by atoms with Crippen molar-refractivity contribution in [2.45, 2.75) is 39.7 Å². The summed E-state index contributed by atoms with van der Waals surface area (Å²) >= 11 is 3.41. The minimum atomic E-state index is -1.04. The number of halogens is 1. The van der Waals surface area contributed by atoms with Crippen LogP contribution < -0.4 is 14.8 Å². The van der Waals surface area contributed by atoms with Crippen LogP contribution in [0.5, 0.6) is 11.5 Å². The lowest BCUT2D eigenvalue weighted by Crippen LogP contribution is -2.41. The van der Waals surface area contributed by atoms with Crippen LogP contribution in [-0.4, -0.2) is 36.2 Å². The Morgan fingerprint density at radius 3 is 2.22 bits per heavy atom. The first-order chi connectivity index (χ1) is 10.9. The average molecular weight is 388 g/mol. The Labute approximate surface area is 144 Å². The van der Waals surface area contributed by atoms with Crippen molar-refractivity contribution in [2.75, 3.05) is 13.2 Å². The van der Waals surface area contributed by atoms with Crippen LogP contribution in [0.3, 0.4) is 0 Å². The Morgan fingerprint density at radius 2 is 1.74 bits per heavy atom. The molecule has 0 aliphatic carbocycles. The molecule has 2 N–H and O–H groups in total. The zero-order chi connectivity index (χ0) is 17.4. The zero-order valence-corrected chi connectivity index (χ0v) is 15.1. The average Bonchev–Trinajstić information content (AvgIpc) is 2.49. The van der Waals surface area contributed by atoms with E-state index in [1.807, 2.05) is 13.8 Å². The van der Waals surface area contributed by atoms with Crippen LogP contribution in [0.25, 0.3) is 0 Å². The minimum absolute atomic E-state index is 0.0524. The summed E-state index contributed by atoms with van der Waals surface area (Å²) in [6.45, 7) is 6.43. The SMILES string of the molecule is CCOc1cc(Br)c(CC(=O)NC(CC)C(=O)O)cc1OCC. The molecular formula is C16H22BrNO5. The van der Waals surface area contributed by atoms with Crippen LogP contribution in [-0.2, 0) is 16.0 Å². The van der Waals surface area contributed by atoms with Gasteiger partial charge < -0.3 is 19.9 Å². The van der Waals surface area contributed by atoms with Gasteiger partial charge in [0.1, 0.15) is 6.04 Å². The van der Waals surface area contributed by atoms with Crippen LogP contribution in [0.4, 0.5) is 0 Å². The molecule has 0 aliphatic heterocycles. The summed E-state index contributed by atoms with van der Waals surface area (Å²) in [5.74, 6) is -0.235. The van der Waals surface area contributed by atoms with E-state index in [2.05, 4.69) is 21.2 Å². The van der Waals surface area contributed by atoms with E-state index in [1.165, 1.54) is 0 Å². The molecule has 6 nitrogen and oxygen atoms in total. The number of hydrogen-bond donors (Lipinski definition) is 2. The van der Waals surface area contributed by atoms with E-state index in [1.54, 1.807) is 19.1 Å². The highest BCUT2D eigenvalue weighted by Gasteiger charge is 2.19. The molecule has 0 saturated carbocycles. The number of carboxylic acid groups (broad SMARTS) is 1. The zero-order valence-electron chi connectivity index (χ0n) is 13.5. The van der Waals surface area contributed by atoms with Gasteiger partial charge in [-0.1, -0.05) is 22.9 Å². The van der Waals surface area contributed by atoms with E-state index in [0.29, 0.717) is 41.2 Å². The molecule has 0 radical (unpaired) electrons. The van der Waals surface area contributed by atoms with Gasteiger partial charge in [-0.3, -0.25) is 4.79 Å². The predicted octanol–water partition coefficient (Wildman–Crippen LogP) is 2.77. The number of rotatable bonds is 9. The lowest BCUT2D eigenvalue weighted by atomic mass is 10.1. The number of aliphatic carboxylic acids is 1. The van der Waals surface area contributed by atoms with Crippen molar-refractivity contribution in [2.24, 2.45) is 0 Å². The summed E-state index contributed by atoms with van der Waals surface area (Å²) in [6.07, 6.45) is 0.382. The van der Waals surface area contributed by atoms with Crippen LogP contribution in [0.15, 0.2) is 16.6 Å². The van der Waals surface area contributed by atoms with Crippen molar-refractivity contribution in [3.63, 3.8) is 0 Å². The van der Waals surface area contributed by atoms with E-state index in [4.69, 9.17) is 14.6 Å². The van der Waals surface area contributed by atoms with Crippen LogP contribution in [0.2, 0.25) is 0 Å². The van der Waals surface area contributed by atoms with Crippen LogP contribution >= 0.6 is 15.9 Å². The molecule has 0 aromatic heterocycles. The van der Waals surface area contributed by atoms with Gasteiger partial charge in [-0.15, -0.1) is 0 Å². The van der Waals surface area contributed by atoms with Gasteiger partial charge in [0.2, 0.25) is 5.91 Å². The van der Waals surface area contributed by atoms with Gasteiger partial charge in [-0.2, -0.15) is 0 Å². The van der Waals surface area contributed by atoms with Crippen molar-refractivity contribution in [3.05, 3.63) is 22.2 Å².